The maximum Gasteiger partial charge on any atom is 0.269 e. The van der Waals surface area contributed by atoms with Gasteiger partial charge in [0.25, 0.3) is 5.69 Å². The van der Waals surface area contributed by atoms with Crippen molar-refractivity contribution in [3.8, 4) is 0 Å². The SMILES string of the molecule is Cc1ccc(/C=C/C(=O)N(C)[C@H](C)c2cccc([N+](=O)[O-])c2)c(Br)c1. The second-order valence-electron chi connectivity index (χ2n) is 5.84. The summed E-state index contributed by atoms with van der Waals surface area (Å²) >= 11 is 3.48. The maximum absolute atomic E-state index is 12.4. The van der Waals surface area contributed by atoms with Crippen LogP contribution in [0.3, 0.4) is 0 Å². The van der Waals surface area contributed by atoms with Crippen LogP contribution >= 0.6 is 15.9 Å². The molecule has 2 rings (SSSR count). The van der Waals surface area contributed by atoms with E-state index in [1.54, 1.807) is 30.2 Å². The lowest BCUT2D eigenvalue weighted by Crippen LogP contribution is -2.28. The number of carbonyl (C=O) groups excluding carboxylic acids is 1. The molecular weight excluding hydrogens is 384 g/mol. The molecular formula is C19H19BrN2O3. The van der Waals surface area contributed by atoms with Crippen molar-refractivity contribution in [1.29, 1.82) is 0 Å². The molecule has 6 heteroatoms. The number of amides is 1. The first kappa shape index (κ1) is 18.9. The minimum atomic E-state index is -0.438. The van der Waals surface area contributed by atoms with Crippen molar-refractivity contribution >= 4 is 33.6 Å². The van der Waals surface area contributed by atoms with Crippen molar-refractivity contribution in [2.75, 3.05) is 7.05 Å². The Morgan fingerprint density at radius 3 is 2.64 bits per heavy atom. The Hall–Kier alpha value is -2.47. The largest absolute Gasteiger partial charge is 0.335 e. The van der Waals surface area contributed by atoms with Gasteiger partial charge >= 0.3 is 0 Å². The summed E-state index contributed by atoms with van der Waals surface area (Å²) < 4.78 is 0.922. The number of likely N-dealkylation sites (N-methyl/N-ethyl adjacent to an activating group) is 1. The van der Waals surface area contributed by atoms with Crippen LogP contribution in [-0.2, 0) is 4.79 Å². The molecule has 0 fully saturated rings. The zero-order valence-corrected chi connectivity index (χ0v) is 15.9. The first-order valence-electron chi connectivity index (χ1n) is 7.75. The molecule has 0 aromatic heterocycles. The molecule has 130 valence electrons. The highest BCUT2D eigenvalue weighted by Crippen LogP contribution is 2.24. The van der Waals surface area contributed by atoms with E-state index in [4.69, 9.17) is 0 Å². The third-order valence-corrected chi connectivity index (χ3v) is 4.74. The third-order valence-electron chi connectivity index (χ3n) is 4.05. The van der Waals surface area contributed by atoms with Crippen molar-refractivity contribution < 1.29 is 9.72 Å². The fourth-order valence-corrected chi connectivity index (χ4v) is 2.98. The summed E-state index contributed by atoms with van der Waals surface area (Å²) in [6.45, 7) is 3.84. The van der Waals surface area contributed by atoms with E-state index in [9.17, 15) is 14.9 Å². The van der Waals surface area contributed by atoms with Crippen LogP contribution in [0.15, 0.2) is 53.0 Å². The Bertz CT molecular complexity index is 833. The van der Waals surface area contributed by atoms with Gasteiger partial charge in [-0.3, -0.25) is 14.9 Å². The molecule has 25 heavy (non-hydrogen) atoms. The van der Waals surface area contributed by atoms with E-state index in [2.05, 4.69) is 15.9 Å². The molecule has 1 atom stereocenters. The number of halogens is 1. The molecule has 2 aromatic rings. The van der Waals surface area contributed by atoms with Crippen LogP contribution < -0.4 is 0 Å². The van der Waals surface area contributed by atoms with Gasteiger partial charge in [-0.15, -0.1) is 0 Å². The molecule has 0 spiro atoms. The van der Waals surface area contributed by atoms with Gasteiger partial charge in [-0.05, 0) is 42.7 Å². The fourth-order valence-electron chi connectivity index (χ4n) is 2.36. The van der Waals surface area contributed by atoms with Gasteiger partial charge in [-0.1, -0.05) is 40.2 Å². The van der Waals surface area contributed by atoms with E-state index in [1.807, 2.05) is 32.0 Å². The number of rotatable bonds is 5. The van der Waals surface area contributed by atoms with E-state index in [1.165, 1.54) is 18.2 Å². The number of nitrogens with zero attached hydrogens (tertiary/aromatic N) is 2. The first-order valence-corrected chi connectivity index (χ1v) is 8.54. The van der Waals surface area contributed by atoms with Crippen molar-refractivity contribution in [1.82, 2.24) is 4.90 Å². The van der Waals surface area contributed by atoms with Gasteiger partial charge in [-0.2, -0.15) is 0 Å². The molecule has 0 bridgehead atoms. The highest BCUT2D eigenvalue weighted by molar-refractivity contribution is 9.10. The van der Waals surface area contributed by atoms with Gasteiger partial charge in [0.15, 0.2) is 0 Å². The zero-order chi connectivity index (χ0) is 18.6. The van der Waals surface area contributed by atoms with Gasteiger partial charge in [-0.25, -0.2) is 0 Å². The van der Waals surface area contributed by atoms with Gasteiger partial charge in [0, 0.05) is 29.7 Å². The maximum atomic E-state index is 12.4. The predicted octanol–water partition coefficient (Wildman–Crippen LogP) is 4.90. The summed E-state index contributed by atoms with van der Waals surface area (Å²) in [6.07, 6.45) is 3.26. The molecule has 0 aliphatic heterocycles. The number of nitro benzene ring substituents is 1. The lowest BCUT2D eigenvalue weighted by Gasteiger charge is -2.24. The smallest absolute Gasteiger partial charge is 0.269 e. The number of nitro groups is 1. The van der Waals surface area contributed by atoms with Crippen LogP contribution in [0, 0.1) is 17.0 Å². The van der Waals surface area contributed by atoms with Crippen molar-refractivity contribution in [2.24, 2.45) is 0 Å². The van der Waals surface area contributed by atoms with E-state index in [0.717, 1.165) is 21.2 Å². The van der Waals surface area contributed by atoms with Gasteiger partial charge in [0.2, 0.25) is 5.91 Å². The number of carbonyl (C=O) groups is 1. The summed E-state index contributed by atoms with van der Waals surface area (Å²) in [5, 5.41) is 10.9. The Balaban J connectivity index is 2.14. The summed E-state index contributed by atoms with van der Waals surface area (Å²) in [6, 6.07) is 12.0. The van der Waals surface area contributed by atoms with Crippen LogP contribution in [0.5, 0.6) is 0 Å². The molecule has 0 heterocycles. The Labute approximate surface area is 155 Å². The highest BCUT2D eigenvalue weighted by Gasteiger charge is 2.17. The second-order valence-corrected chi connectivity index (χ2v) is 6.69. The standard InChI is InChI=1S/C19H19BrN2O3/c1-13-7-8-15(18(20)11-13)9-10-19(23)21(3)14(2)16-5-4-6-17(12-16)22(24)25/h4-12,14H,1-3H3/b10-9+/t14-/m1/s1. The molecule has 0 N–H and O–H groups in total. The lowest BCUT2D eigenvalue weighted by molar-refractivity contribution is -0.384. The summed E-state index contributed by atoms with van der Waals surface area (Å²) in [7, 11) is 1.68. The molecule has 2 aromatic carbocycles. The summed E-state index contributed by atoms with van der Waals surface area (Å²) in [4.78, 5) is 24.4. The number of aryl methyl sites for hydroxylation is 1. The Kier molecular flexibility index (Phi) is 6.09. The van der Waals surface area contributed by atoms with Crippen molar-refractivity contribution in [3.63, 3.8) is 0 Å². The summed E-state index contributed by atoms with van der Waals surface area (Å²) in [5.41, 5.74) is 2.78. The van der Waals surface area contributed by atoms with Crippen LogP contribution in [0.2, 0.25) is 0 Å². The third kappa shape index (κ3) is 4.76. The van der Waals surface area contributed by atoms with E-state index >= 15 is 0 Å². The molecule has 0 aliphatic carbocycles. The Morgan fingerprint density at radius 1 is 1.28 bits per heavy atom. The molecule has 0 unspecified atom stereocenters. The summed E-state index contributed by atoms with van der Waals surface area (Å²) in [5.74, 6) is -0.175. The number of hydrogen-bond donors (Lipinski definition) is 0. The van der Waals surface area contributed by atoms with Gasteiger partial charge in [0.1, 0.15) is 0 Å². The van der Waals surface area contributed by atoms with E-state index < -0.39 is 4.92 Å². The lowest BCUT2D eigenvalue weighted by atomic mass is 10.1. The topological polar surface area (TPSA) is 63.5 Å². The van der Waals surface area contributed by atoms with E-state index in [0.29, 0.717) is 0 Å². The average Bonchev–Trinajstić information content (AvgIpc) is 2.59. The normalized spacial score (nSPS) is 12.2. The monoisotopic (exact) mass is 402 g/mol. The minimum absolute atomic E-state index is 0.0179. The molecule has 0 radical (unpaired) electrons. The second kappa shape index (κ2) is 8.07. The van der Waals surface area contributed by atoms with Crippen molar-refractivity contribution in [3.05, 3.63) is 79.8 Å². The fraction of sp³-hybridized carbons (Fsp3) is 0.211. The number of non-ortho nitro benzene ring substituents is 1. The van der Waals surface area contributed by atoms with Gasteiger partial charge < -0.3 is 4.90 Å². The van der Waals surface area contributed by atoms with Crippen LogP contribution in [-0.4, -0.2) is 22.8 Å². The quantitative estimate of drug-likeness (QED) is 0.405. The van der Waals surface area contributed by atoms with Crippen LogP contribution in [0.1, 0.15) is 29.7 Å². The molecule has 0 aliphatic rings. The first-order chi connectivity index (χ1) is 11.8. The van der Waals surface area contributed by atoms with E-state index in [-0.39, 0.29) is 17.6 Å². The molecule has 5 nitrogen and oxygen atoms in total. The average molecular weight is 403 g/mol. The highest BCUT2D eigenvalue weighted by atomic mass is 79.9. The van der Waals surface area contributed by atoms with Crippen LogP contribution in [0.25, 0.3) is 6.08 Å². The number of benzene rings is 2. The van der Waals surface area contributed by atoms with Crippen molar-refractivity contribution in [2.45, 2.75) is 19.9 Å². The molecule has 0 saturated heterocycles. The zero-order valence-electron chi connectivity index (χ0n) is 14.3. The van der Waals surface area contributed by atoms with Gasteiger partial charge in [0.05, 0.1) is 11.0 Å². The molecule has 0 saturated carbocycles. The number of hydrogen-bond acceptors (Lipinski definition) is 3. The minimum Gasteiger partial charge on any atom is -0.335 e. The predicted molar refractivity (Wildman–Crippen MR) is 102 cm³/mol. The Morgan fingerprint density at radius 2 is 2.00 bits per heavy atom. The van der Waals surface area contributed by atoms with Crippen LogP contribution in [0.4, 0.5) is 5.69 Å². The molecule has 1 amide bonds.